The molecule has 1 unspecified atom stereocenters. The lowest BCUT2D eigenvalue weighted by molar-refractivity contribution is 0.0598. The number of pyridine rings is 1. The molecule has 0 spiro atoms. The number of carbonyl (C=O) groups is 1. The van der Waals surface area contributed by atoms with E-state index in [0.717, 1.165) is 52.2 Å². The molecule has 0 saturated carbocycles. The number of hydrogen-bond donors (Lipinski definition) is 1. The van der Waals surface area contributed by atoms with E-state index in [0.29, 0.717) is 6.54 Å². The van der Waals surface area contributed by atoms with Gasteiger partial charge in [-0.2, -0.15) is 0 Å². The van der Waals surface area contributed by atoms with Crippen LogP contribution in [-0.4, -0.2) is 41.3 Å². The largest absolute Gasteiger partial charge is 0.465 e. The molecule has 0 radical (unpaired) electrons. The summed E-state index contributed by atoms with van der Waals surface area (Å²) in [5, 5.41) is 11.1. The molecule has 6 nitrogen and oxygen atoms in total. The fourth-order valence-electron chi connectivity index (χ4n) is 3.89. The van der Waals surface area contributed by atoms with Crippen molar-refractivity contribution in [3.8, 4) is 0 Å². The van der Waals surface area contributed by atoms with Crippen LogP contribution < -0.4 is 10.5 Å². The van der Waals surface area contributed by atoms with Crippen molar-refractivity contribution in [2.75, 3.05) is 24.3 Å². The van der Waals surface area contributed by atoms with Gasteiger partial charge in [0.05, 0.1) is 18.3 Å². The lowest BCUT2D eigenvalue weighted by atomic mass is 9.97. The van der Waals surface area contributed by atoms with Crippen molar-refractivity contribution in [1.29, 1.82) is 0 Å². The molecule has 2 aliphatic heterocycles. The van der Waals surface area contributed by atoms with Crippen molar-refractivity contribution in [2.24, 2.45) is 0 Å². The minimum atomic E-state index is -0.598. The zero-order valence-corrected chi connectivity index (χ0v) is 15.1. The van der Waals surface area contributed by atoms with Crippen LogP contribution in [0.15, 0.2) is 21.8 Å². The molecule has 1 aromatic carbocycles. The third kappa shape index (κ3) is 2.45. The summed E-state index contributed by atoms with van der Waals surface area (Å²) in [4.78, 5) is 27.9. The zero-order chi connectivity index (χ0) is 17.7. The van der Waals surface area contributed by atoms with E-state index in [-0.39, 0.29) is 11.1 Å². The van der Waals surface area contributed by atoms with Gasteiger partial charge in [0.1, 0.15) is 11.8 Å². The van der Waals surface area contributed by atoms with Gasteiger partial charge in [0.25, 0.3) is 5.56 Å². The third-order valence-corrected chi connectivity index (χ3v) is 5.96. The fraction of sp³-hybridized carbons (Fsp3) is 0.444. The van der Waals surface area contributed by atoms with Crippen LogP contribution in [0.25, 0.3) is 10.9 Å². The van der Waals surface area contributed by atoms with Crippen LogP contribution in [0.5, 0.6) is 0 Å². The molecule has 2 aliphatic rings. The van der Waals surface area contributed by atoms with Crippen LogP contribution in [0, 0.1) is 0 Å². The van der Waals surface area contributed by atoms with Gasteiger partial charge in [-0.05, 0) is 31.9 Å². The van der Waals surface area contributed by atoms with Gasteiger partial charge in [0.2, 0.25) is 0 Å². The summed E-state index contributed by atoms with van der Waals surface area (Å²) in [7, 11) is 1.29. The summed E-state index contributed by atoms with van der Waals surface area (Å²) >= 11 is 1.75. The number of methoxy groups -OCH3 is 1. The van der Waals surface area contributed by atoms with E-state index in [4.69, 9.17) is 4.74 Å². The highest BCUT2D eigenvalue weighted by Gasteiger charge is 2.29. The Labute approximate surface area is 149 Å². The molecule has 0 bridgehead atoms. The minimum Gasteiger partial charge on any atom is -0.465 e. The number of benzene rings is 1. The Hall–Kier alpha value is -1.99. The average molecular weight is 360 g/mol. The summed E-state index contributed by atoms with van der Waals surface area (Å²) in [5.74, 6) is 0.297. The summed E-state index contributed by atoms with van der Waals surface area (Å²) in [5.41, 5.74) is 2.80. The SMILES string of the molecule is COC(=O)c1cc2cc3c(c4c2n(c1=O)CCC4)N(C(C)O)CCS3. The van der Waals surface area contributed by atoms with E-state index in [1.807, 2.05) is 11.0 Å². The van der Waals surface area contributed by atoms with E-state index in [1.54, 1.807) is 29.3 Å². The average Bonchev–Trinajstić information content (AvgIpc) is 2.63. The summed E-state index contributed by atoms with van der Waals surface area (Å²) in [6.07, 6.45) is 1.12. The molecule has 1 aromatic heterocycles. The first-order valence-electron chi connectivity index (χ1n) is 8.42. The number of nitrogens with zero attached hydrogens (tertiary/aromatic N) is 2. The van der Waals surface area contributed by atoms with Crippen molar-refractivity contribution < 1.29 is 14.6 Å². The van der Waals surface area contributed by atoms with E-state index >= 15 is 0 Å². The molecular formula is C18H20N2O4S. The lowest BCUT2D eigenvalue weighted by Gasteiger charge is -2.37. The van der Waals surface area contributed by atoms with Crippen LogP contribution >= 0.6 is 11.8 Å². The van der Waals surface area contributed by atoms with Crippen LogP contribution in [0.4, 0.5) is 5.69 Å². The van der Waals surface area contributed by atoms with E-state index in [9.17, 15) is 14.7 Å². The van der Waals surface area contributed by atoms with Crippen LogP contribution in [-0.2, 0) is 17.7 Å². The molecular weight excluding hydrogens is 340 g/mol. The monoisotopic (exact) mass is 360 g/mol. The quantitative estimate of drug-likeness (QED) is 0.826. The van der Waals surface area contributed by atoms with Crippen molar-refractivity contribution in [3.05, 3.63) is 33.6 Å². The molecule has 0 fully saturated rings. The highest BCUT2D eigenvalue weighted by molar-refractivity contribution is 7.99. The van der Waals surface area contributed by atoms with Crippen LogP contribution in [0.1, 0.15) is 29.3 Å². The van der Waals surface area contributed by atoms with Gasteiger partial charge in [0.15, 0.2) is 0 Å². The van der Waals surface area contributed by atoms with E-state index in [1.165, 1.54) is 7.11 Å². The Morgan fingerprint density at radius 2 is 2.16 bits per heavy atom. The van der Waals surface area contributed by atoms with Gasteiger partial charge < -0.3 is 19.3 Å². The molecule has 25 heavy (non-hydrogen) atoms. The van der Waals surface area contributed by atoms with Crippen LogP contribution in [0.3, 0.4) is 0 Å². The van der Waals surface area contributed by atoms with Crippen LogP contribution in [0.2, 0.25) is 0 Å². The number of fused-ring (bicyclic) bond motifs is 2. The second-order valence-corrected chi connectivity index (χ2v) is 7.56. The zero-order valence-electron chi connectivity index (χ0n) is 14.2. The third-order valence-electron chi connectivity index (χ3n) is 4.95. The standard InChI is InChI=1S/C18H20N2O4S/c1-10(21)19-6-7-25-14-9-11-8-13(18(23)24-2)17(22)20-5-3-4-12(15(11)20)16(14)19/h8-10,21H,3-7H2,1-2H3. The maximum atomic E-state index is 12.8. The number of ether oxygens (including phenoxy) is 1. The van der Waals surface area contributed by atoms with Gasteiger partial charge in [-0.1, -0.05) is 0 Å². The van der Waals surface area contributed by atoms with E-state index < -0.39 is 12.2 Å². The molecule has 0 saturated heterocycles. The fourth-order valence-corrected chi connectivity index (χ4v) is 4.99. The highest BCUT2D eigenvalue weighted by atomic mass is 32.2. The van der Waals surface area contributed by atoms with Gasteiger partial charge in [-0.3, -0.25) is 4.79 Å². The summed E-state index contributed by atoms with van der Waals surface area (Å²) in [6, 6.07) is 3.68. The number of thioether (sulfide) groups is 1. The molecule has 132 valence electrons. The molecule has 0 aliphatic carbocycles. The lowest BCUT2D eigenvalue weighted by Crippen LogP contribution is -2.39. The maximum Gasteiger partial charge on any atom is 0.343 e. The number of aromatic nitrogens is 1. The number of rotatable bonds is 2. The predicted octanol–water partition coefficient (Wildman–Crippen LogP) is 1.98. The number of anilines is 1. The number of aryl methyl sites for hydroxylation is 2. The molecule has 1 N–H and O–H groups in total. The number of aliphatic hydroxyl groups excluding tert-OH is 1. The highest BCUT2D eigenvalue weighted by Crippen LogP contribution is 2.43. The van der Waals surface area contributed by atoms with E-state index in [2.05, 4.69) is 0 Å². The molecule has 7 heteroatoms. The second kappa shape index (κ2) is 6.07. The molecule has 4 rings (SSSR count). The number of esters is 1. The van der Waals surface area contributed by atoms with Crippen molar-refractivity contribution in [2.45, 2.75) is 37.4 Å². The van der Waals surface area contributed by atoms with Gasteiger partial charge in [-0.15, -0.1) is 11.8 Å². The Bertz CT molecular complexity index is 935. The Morgan fingerprint density at radius 1 is 1.36 bits per heavy atom. The summed E-state index contributed by atoms with van der Waals surface area (Å²) in [6.45, 7) is 3.14. The number of hydrogen-bond acceptors (Lipinski definition) is 6. The molecule has 1 atom stereocenters. The topological polar surface area (TPSA) is 71.8 Å². The first-order valence-corrected chi connectivity index (χ1v) is 9.40. The molecule has 3 heterocycles. The van der Waals surface area contributed by atoms with Crippen molar-refractivity contribution in [3.63, 3.8) is 0 Å². The van der Waals surface area contributed by atoms with Crippen molar-refractivity contribution >= 4 is 34.3 Å². The minimum absolute atomic E-state index is 0.0796. The molecule has 2 aromatic rings. The second-order valence-electron chi connectivity index (χ2n) is 6.42. The van der Waals surface area contributed by atoms with Gasteiger partial charge in [0, 0.05) is 34.7 Å². The number of aliphatic hydroxyl groups is 1. The first-order chi connectivity index (χ1) is 12.0. The first kappa shape index (κ1) is 16.5. The Balaban J connectivity index is 2.08. The molecule has 0 amide bonds. The predicted molar refractivity (Wildman–Crippen MR) is 97.6 cm³/mol. The van der Waals surface area contributed by atoms with Crippen molar-refractivity contribution in [1.82, 2.24) is 4.57 Å². The smallest absolute Gasteiger partial charge is 0.343 e. The summed E-state index contributed by atoms with van der Waals surface area (Å²) < 4.78 is 6.47. The Kier molecular flexibility index (Phi) is 4.00. The maximum absolute atomic E-state index is 12.8. The Morgan fingerprint density at radius 3 is 2.88 bits per heavy atom. The number of carbonyl (C=O) groups excluding carboxylic acids is 1. The normalized spacial score (nSPS) is 17.3. The van der Waals surface area contributed by atoms with Gasteiger partial charge in [-0.25, -0.2) is 4.79 Å². The van der Waals surface area contributed by atoms with Gasteiger partial charge >= 0.3 is 5.97 Å².